The highest BCUT2D eigenvalue weighted by Crippen LogP contribution is 2.29. The monoisotopic (exact) mass is 296 g/mol. The van der Waals surface area contributed by atoms with E-state index in [-0.39, 0.29) is 12.1 Å². The molecule has 1 aromatic carbocycles. The van der Waals surface area contributed by atoms with Gasteiger partial charge in [0.2, 0.25) is 0 Å². The van der Waals surface area contributed by atoms with Crippen molar-refractivity contribution in [1.82, 2.24) is 0 Å². The molecule has 1 aliphatic heterocycles. The van der Waals surface area contributed by atoms with Crippen LogP contribution in [0.4, 0.5) is 15.8 Å². The molecule has 1 saturated heterocycles. The number of benzene rings is 1. The maximum Gasteiger partial charge on any atom is 0.303 e. The van der Waals surface area contributed by atoms with Gasteiger partial charge in [0.1, 0.15) is 0 Å². The third kappa shape index (κ3) is 3.90. The Balaban J connectivity index is 1.96. The summed E-state index contributed by atoms with van der Waals surface area (Å²) in [4.78, 5) is 22.4. The van der Waals surface area contributed by atoms with Crippen LogP contribution in [0.2, 0.25) is 0 Å². The largest absolute Gasteiger partial charge is 0.481 e. The first-order valence-electron chi connectivity index (χ1n) is 6.88. The zero-order chi connectivity index (χ0) is 15.4. The van der Waals surface area contributed by atoms with Crippen LogP contribution in [-0.4, -0.2) is 29.1 Å². The predicted molar refractivity (Wildman–Crippen MR) is 74.9 cm³/mol. The minimum Gasteiger partial charge on any atom is -0.481 e. The van der Waals surface area contributed by atoms with Gasteiger partial charge in [0.15, 0.2) is 5.82 Å². The van der Waals surface area contributed by atoms with Crippen molar-refractivity contribution in [2.24, 2.45) is 5.92 Å². The second-order valence-corrected chi connectivity index (χ2v) is 5.26. The fourth-order valence-electron chi connectivity index (χ4n) is 2.66. The molecule has 1 fully saturated rings. The molecule has 0 bridgehead atoms. The molecule has 0 amide bonds. The first kappa shape index (κ1) is 15.2. The molecule has 0 spiro atoms. The third-order valence-corrected chi connectivity index (χ3v) is 3.86. The molecule has 2 rings (SSSR count). The molecule has 0 saturated carbocycles. The van der Waals surface area contributed by atoms with Crippen LogP contribution in [0.15, 0.2) is 18.2 Å². The van der Waals surface area contributed by atoms with Crippen molar-refractivity contribution in [2.45, 2.75) is 25.7 Å². The number of carboxylic acids is 1. The van der Waals surface area contributed by atoms with E-state index in [1.54, 1.807) is 0 Å². The van der Waals surface area contributed by atoms with Crippen molar-refractivity contribution >= 4 is 17.3 Å². The maximum absolute atomic E-state index is 13.9. The van der Waals surface area contributed by atoms with E-state index in [4.69, 9.17) is 5.11 Å². The highest BCUT2D eigenvalue weighted by molar-refractivity contribution is 5.66. The molecule has 1 heterocycles. The van der Waals surface area contributed by atoms with E-state index >= 15 is 0 Å². The second-order valence-electron chi connectivity index (χ2n) is 5.26. The summed E-state index contributed by atoms with van der Waals surface area (Å²) in [6.07, 6.45) is 2.43. The first-order chi connectivity index (χ1) is 9.97. The zero-order valence-corrected chi connectivity index (χ0v) is 11.5. The molecular weight excluding hydrogens is 279 g/mol. The van der Waals surface area contributed by atoms with E-state index in [1.165, 1.54) is 12.1 Å². The van der Waals surface area contributed by atoms with Gasteiger partial charge in [0.25, 0.3) is 5.69 Å². The van der Waals surface area contributed by atoms with Gasteiger partial charge in [-0.05, 0) is 31.2 Å². The molecule has 0 aliphatic carbocycles. The molecule has 0 aromatic heterocycles. The molecule has 21 heavy (non-hydrogen) atoms. The van der Waals surface area contributed by atoms with Crippen molar-refractivity contribution in [2.75, 3.05) is 18.0 Å². The van der Waals surface area contributed by atoms with Crippen molar-refractivity contribution < 1.29 is 19.2 Å². The number of nitro benzene ring substituents is 1. The summed E-state index contributed by atoms with van der Waals surface area (Å²) >= 11 is 0. The number of hydrogen-bond acceptors (Lipinski definition) is 4. The normalized spacial score (nSPS) is 16.0. The number of carbonyl (C=O) groups is 1. The Kier molecular flexibility index (Phi) is 4.72. The number of nitro groups is 1. The number of halogens is 1. The molecule has 1 aromatic rings. The average molecular weight is 296 g/mol. The van der Waals surface area contributed by atoms with Gasteiger partial charge in [-0.25, -0.2) is 4.39 Å². The zero-order valence-electron chi connectivity index (χ0n) is 11.5. The van der Waals surface area contributed by atoms with Crippen LogP contribution in [0, 0.1) is 21.8 Å². The SMILES string of the molecule is O=C(O)CCC1CCN(c2ccc([N+](=O)[O-])cc2F)CC1. The van der Waals surface area contributed by atoms with Crippen LogP contribution in [0.1, 0.15) is 25.7 Å². The lowest BCUT2D eigenvalue weighted by Crippen LogP contribution is -2.34. The Morgan fingerprint density at radius 3 is 2.62 bits per heavy atom. The van der Waals surface area contributed by atoms with Crippen LogP contribution < -0.4 is 4.90 Å². The van der Waals surface area contributed by atoms with Crippen molar-refractivity contribution in [3.8, 4) is 0 Å². The highest BCUT2D eigenvalue weighted by Gasteiger charge is 2.22. The maximum atomic E-state index is 13.9. The van der Waals surface area contributed by atoms with Crippen molar-refractivity contribution in [3.63, 3.8) is 0 Å². The Morgan fingerprint density at radius 2 is 2.10 bits per heavy atom. The Hall–Kier alpha value is -2.18. The third-order valence-electron chi connectivity index (χ3n) is 3.86. The van der Waals surface area contributed by atoms with E-state index in [1.807, 2.05) is 4.90 Å². The van der Waals surface area contributed by atoms with Gasteiger partial charge in [-0.15, -0.1) is 0 Å². The number of non-ortho nitro benzene ring substituents is 1. The predicted octanol–water partition coefficient (Wildman–Crippen LogP) is 2.82. The van der Waals surface area contributed by atoms with Gasteiger partial charge in [-0.3, -0.25) is 14.9 Å². The van der Waals surface area contributed by atoms with Gasteiger partial charge >= 0.3 is 5.97 Å². The lowest BCUT2D eigenvalue weighted by Gasteiger charge is -2.33. The standard InChI is InChI=1S/C14H17FN2O4/c15-12-9-11(17(20)21)2-3-13(12)16-7-5-10(6-8-16)1-4-14(18)19/h2-3,9-10H,1,4-8H2,(H,18,19). The van der Waals surface area contributed by atoms with Crippen LogP contribution in [0.3, 0.4) is 0 Å². The summed E-state index contributed by atoms with van der Waals surface area (Å²) in [7, 11) is 0. The summed E-state index contributed by atoms with van der Waals surface area (Å²) in [6.45, 7) is 1.28. The smallest absolute Gasteiger partial charge is 0.303 e. The molecule has 0 unspecified atom stereocenters. The minimum atomic E-state index is -0.793. The Bertz CT molecular complexity index is 542. The van der Waals surface area contributed by atoms with Crippen LogP contribution in [-0.2, 0) is 4.79 Å². The van der Waals surface area contributed by atoms with Crippen molar-refractivity contribution in [3.05, 3.63) is 34.1 Å². The molecule has 7 heteroatoms. The summed E-state index contributed by atoms with van der Waals surface area (Å²) in [5, 5.41) is 19.3. The highest BCUT2D eigenvalue weighted by atomic mass is 19.1. The molecule has 1 N–H and O–H groups in total. The lowest BCUT2D eigenvalue weighted by atomic mass is 9.92. The summed E-state index contributed by atoms with van der Waals surface area (Å²) in [6, 6.07) is 3.67. The topological polar surface area (TPSA) is 83.7 Å². The van der Waals surface area contributed by atoms with Crippen molar-refractivity contribution in [1.29, 1.82) is 0 Å². The van der Waals surface area contributed by atoms with Crippen LogP contribution >= 0.6 is 0 Å². The average Bonchev–Trinajstić information content (AvgIpc) is 2.45. The van der Waals surface area contributed by atoms with Gasteiger partial charge in [0, 0.05) is 25.6 Å². The van der Waals surface area contributed by atoms with E-state index in [0.717, 1.165) is 18.9 Å². The quantitative estimate of drug-likeness (QED) is 0.667. The van der Waals surface area contributed by atoms with E-state index in [0.29, 0.717) is 31.1 Å². The number of anilines is 1. The molecule has 1 aliphatic rings. The first-order valence-corrected chi connectivity index (χ1v) is 6.88. The van der Waals surface area contributed by atoms with E-state index < -0.39 is 16.7 Å². The molecule has 0 radical (unpaired) electrons. The second kappa shape index (κ2) is 6.51. The summed E-state index contributed by atoms with van der Waals surface area (Å²) < 4.78 is 13.9. The summed E-state index contributed by atoms with van der Waals surface area (Å²) in [5.41, 5.74) is 0.116. The fraction of sp³-hybridized carbons (Fsp3) is 0.500. The lowest BCUT2D eigenvalue weighted by molar-refractivity contribution is -0.385. The molecule has 114 valence electrons. The number of nitrogens with zero attached hydrogens (tertiary/aromatic N) is 2. The van der Waals surface area contributed by atoms with Gasteiger partial charge in [0.05, 0.1) is 16.7 Å². The van der Waals surface area contributed by atoms with Crippen LogP contribution in [0.5, 0.6) is 0 Å². The number of piperidine rings is 1. The summed E-state index contributed by atoms with van der Waals surface area (Å²) in [5.74, 6) is -1.04. The minimum absolute atomic E-state index is 0.163. The molecular formula is C14H17FN2O4. The fourth-order valence-corrected chi connectivity index (χ4v) is 2.66. The van der Waals surface area contributed by atoms with Crippen LogP contribution in [0.25, 0.3) is 0 Å². The van der Waals surface area contributed by atoms with Gasteiger partial charge < -0.3 is 10.0 Å². The number of carboxylic acid groups (broad SMARTS) is 1. The number of aliphatic carboxylic acids is 1. The molecule has 6 nitrogen and oxygen atoms in total. The van der Waals surface area contributed by atoms with Gasteiger partial charge in [-0.2, -0.15) is 0 Å². The number of hydrogen-bond donors (Lipinski definition) is 1. The molecule has 0 atom stereocenters. The Labute approximate surface area is 121 Å². The van der Waals surface area contributed by atoms with E-state index in [2.05, 4.69) is 0 Å². The van der Waals surface area contributed by atoms with Gasteiger partial charge in [-0.1, -0.05) is 0 Å². The number of rotatable bonds is 5. The Morgan fingerprint density at radius 1 is 1.43 bits per heavy atom. The van der Waals surface area contributed by atoms with E-state index in [9.17, 15) is 19.3 Å².